The molecule has 0 heterocycles. The van der Waals surface area contributed by atoms with Crippen LogP contribution in [-0.2, 0) is 20.0 Å². The van der Waals surface area contributed by atoms with E-state index in [4.69, 9.17) is 11.6 Å². The first-order chi connectivity index (χ1) is 18.7. The molecule has 0 fully saturated rings. The molecule has 0 spiro atoms. The van der Waals surface area contributed by atoms with Crippen molar-refractivity contribution in [1.82, 2.24) is 0 Å². The van der Waals surface area contributed by atoms with Crippen molar-refractivity contribution in [2.75, 3.05) is 14.8 Å². The van der Waals surface area contributed by atoms with Gasteiger partial charge in [-0.25, -0.2) is 16.8 Å². The van der Waals surface area contributed by atoms with Crippen LogP contribution in [-0.4, -0.2) is 22.7 Å². The highest BCUT2D eigenvalue weighted by atomic mass is 35.5. The fourth-order valence-electron chi connectivity index (χ4n) is 3.90. The molecule has 1 amide bonds. The maximum absolute atomic E-state index is 13.2. The van der Waals surface area contributed by atoms with Crippen molar-refractivity contribution in [3.8, 4) is 0 Å². The van der Waals surface area contributed by atoms with E-state index in [2.05, 4.69) is 14.8 Å². The Labute approximate surface area is 239 Å². The largest absolute Gasteiger partial charge is 0.322 e. The van der Waals surface area contributed by atoms with Crippen molar-refractivity contribution in [1.29, 1.82) is 0 Å². The van der Waals surface area contributed by atoms with Crippen LogP contribution in [0.1, 0.15) is 32.6 Å². The molecular formula is C29H28ClN3O5S2. The van der Waals surface area contributed by atoms with Gasteiger partial charge < -0.3 is 5.32 Å². The molecule has 0 aliphatic carbocycles. The lowest BCUT2D eigenvalue weighted by Gasteiger charge is -2.14. The van der Waals surface area contributed by atoms with Crippen LogP contribution in [0.15, 0.2) is 88.7 Å². The van der Waals surface area contributed by atoms with Gasteiger partial charge in [0.15, 0.2) is 0 Å². The number of hydrogen-bond acceptors (Lipinski definition) is 5. The Balaban J connectivity index is 1.52. The summed E-state index contributed by atoms with van der Waals surface area (Å²) in [6.07, 6.45) is 0. The van der Waals surface area contributed by atoms with Gasteiger partial charge in [0, 0.05) is 16.3 Å². The molecule has 0 saturated heterocycles. The van der Waals surface area contributed by atoms with Crippen LogP contribution in [0.25, 0.3) is 0 Å². The van der Waals surface area contributed by atoms with Crippen molar-refractivity contribution < 1.29 is 21.6 Å². The standard InChI is InChI=1S/C29H28ClN3O5S2/c1-18-5-6-19(2)26(15-18)33-40(37,38)28-16-22(9-7-21(28)4)29(34)31-24-11-13-25(14-12-24)39(35,36)32-27-17-23(30)10-8-20(27)3/h5-17,32-33H,1-4H3,(H,31,34). The third-order valence-electron chi connectivity index (χ3n) is 6.24. The van der Waals surface area contributed by atoms with Gasteiger partial charge in [-0.3, -0.25) is 14.2 Å². The molecule has 3 N–H and O–H groups in total. The summed E-state index contributed by atoms with van der Waals surface area (Å²) in [7, 11) is -7.88. The van der Waals surface area contributed by atoms with Crippen molar-refractivity contribution in [2.45, 2.75) is 37.5 Å². The average Bonchev–Trinajstić information content (AvgIpc) is 2.88. The number of carbonyl (C=O) groups excluding carboxylic acids is 1. The predicted molar refractivity (Wildman–Crippen MR) is 159 cm³/mol. The summed E-state index contributed by atoms with van der Waals surface area (Å²) in [4.78, 5) is 13.0. The van der Waals surface area contributed by atoms with Crippen LogP contribution < -0.4 is 14.8 Å². The number of carbonyl (C=O) groups is 1. The molecule has 0 bridgehead atoms. The first-order valence-electron chi connectivity index (χ1n) is 12.2. The molecule has 40 heavy (non-hydrogen) atoms. The number of halogens is 1. The van der Waals surface area contributed by atoms with Gasteiger partial charge in [0.1, 0.15) is 0 Å². The van der Waals surface area contributed by atoms with E-state index >= 15 is 0 Å². The van der Waals surface area contributed by atoms with E-state index in [1.165, 1.54) is 42.5 Å². The number of nitrogens with one attached hydrogen (secondary N) is 3. The van der Waals surface area contributed by atoms with Crippen LogP contribution in [0, 0.1) is 27.7 Å². The van der Waals surface area contributed by atoms with Gasteiger partial charge in [0.25, 0.3) is 26.0 Å². The monoisotopic (exact) mass is 597 g/mol. The van der Waals surface area contributed by atoms with Crippen LogP contribution in [0.4, 0.5) is 17.1 Å². The normalized spacial score (nSPS) is 11.6. The van der Waals surface area contributed by atoms with Gasteiger partial charge in [-0.05, 0) is 105 Å². The Morgan fingerprint density at radius 1 is 0.650 bits per heavy atom. The lowest BCUT2D eigenvalue weighted by Crippen LogP contribution is -2.18. The zero-order valence-corrected chi connectivity index (χ0v) is 24.6. The fourth-order valence-corrected chi connectivity index (χ4v) is 6.59. The third-order valence-corrected chi connectivity index (χ3v) is 9.37. The topological polar surface area (TPSA) is 121 Å². The SMILES string of the molecule is Cc1ccc(C)c(NS(=O)(=O)c2cc(C(=O)Nc3ccc(S(=O)(=O)Nc4cc(Cl)ccc4C)cc3)ccc2C)c1. The summed E-state index contributed by atoms with van der Waals surface area (Å²) in [5.41, 5.74) is 4.15. The molecular weight excluding hydrogens is 570 g/mol. The Morgan fingerprint density at radius 2 is 1.23 bits per heavy atom. The van der Waals surface area contributed by atoms with E-state index in [1.54, 1.807) is 45.0 Å². The first kappa shape index (κ1) is 29.1. The van der Waals surface area contributed by atoms with Crippen molar-refractivity contribution in [3.63, 3.8) is 0 Å². The third kappa shape index (κ3) is 6.64. The average molecular weight is 598 g/mol. The summed E-state index contributed by atoms with van der Waals surface area (Å²) in [6, 6.07) is 20.4. The number of hydrogen-bond donors (Lipinski definition) is 3. The smallest absolute Gasteiger partial charge is 0.262 e. The molecule has 4 rings (SSSR count). The summed E-state index contributed by atoms with van der Waals surface area (Å²) < 4.78 is 57.2. The number of sulfonamides is 2. The van der Waals surface area contributed by atoms with Gasteiger partial charge in [-0.1, -0.05) is 35.9 Å². The maximum atomic E-state index is 13.2. The minimum absolute atomic E-state index is 0.00823. The minimum Gasteiger partial charge on any atom is -0.322 e. The van der Waals surface area contributed by atoms with Gasteiger partial charge in [0.2, 0.25) is 0 Å². The lowest BCUT2D eigenvalue weighted by atomic mass is 10.1. The molecule has 0 unspecified atom stereocenters. The molecule has 0 atom stereocenters. The van der Waals surface area contributed by atoms with E-state index in [0.29, 0.717) is 33.2 Å². The van der Waals surface area contributed by atoms with E-state index < -0.39 is 26.0 Å². The van der Waals surface area contributed by atoms with Gasteiger partial charge in [-0.2, -0.15) is 0 Å². The van der Waals surface area contributed by atoms with Crippen molar-refractivity contribution in [3.05, 3.63) is 112 Å². The molecule has 0 aromatic heterocycles. The van der Waals surface area contributed by atoms with Gasteiger partial charge in [-0.15, -0.1) is 0 Å². The first-order valence-corrected chi connectivity index (χ1v) is 15.5. The second kappa shape index (κ2) is 11.3. The quantitative estimate of drug-likeness (QED) is 0.216. The van der Waals surface area contributed by atoms with Crippen molar-refractivity contribution in [2.24, 2.45) is 0 Å². The number of benzene rings is 4. The lowest BCUT2D eigenvalue weighted by molar-refractivity contribution is 0.102. The van der Waals surface area contributed by atoms with Crippen LogP contribution >= 0.6 is 11.6 Å². The van der Waals surface area contributed by atoms with E-state index in [9.17, 15) is 21.6 Å². The highest BCUT2D eigenvalue weighted by Gasteiger charge is 2.21. The Bertz CT molecular complexity index is 1820. The van der Waals surface area contributed by atoms with Crippen LogP contribution in [0.3, 0.4) is 0 Å². The van der Waals surface area contributed by atoms with Gasteiger partial charge in [0.05, 0.1) is 21.2 Å². The molecule has 8 nitrogen and oxygen atoms in total. The van der Waals surface area contributed by atoms with E-state index in [1.807, 2.05) is 19.1 Å². The Hall–Kier alpha value is -3.86. The minimum atomic E-state index is -3.98. The zero-order valence-electron chi connectivity index (χ0n) is 22.2. The summed E-state index contributed by atoms with van der Waals surface area (Å²) >= 11 is 5.99. The molecule has 4 aromatic carbocycles. The Kier molecular flexibility index (Phi) is 8.25. The molecule has 0 aliphatic rings. The van der Waals surface area contributed by atoms with Crippen molar-refractivity contribution >= 4 is 54.6 Å². The number of amides is 1. The van der Waals surface area contributed by atoms with E-state index in [0.717, 1.165) is 11.1 Å². The number of aryl methyl sites for hydroxylation is 4. The zero-order chi connectivity index (χ0) is 29.2. The second-order valence-corrected chi connectivity index (χ2v) is 13.2. The molecule has 0 aliphatic heterocycles. The molecule has 0 saturated carbocycles. The summed E-state index contributed by atoms with van der Waals surface area (Å²) in [5.74, 6) is -0.550. The highest BCUT2D eigenvalue weighted by Crippen LogP contribution is 2.26. The van der Waals surface area contributed by atoms with E-state index in [-0.39, 0.29) is 15.4 Å². The van der Waals surface area contributed by atoms with Crippen LogP contribution in [0.5, 0.6) is 0 Å². The predicted octanol–water partition coefficient (Wildman–Crippen LogP) is 6.43. The second-order valence-electron chi connectivity index (χ2n) is 9.45. The fraction of sp³-hybridized carbons (Fsp3) is 0.138. The molecule has 0 radical (unpaired) electrons. The maximum Gasteiger partial charge on any atom is 0.262 e. The Morgan fingerprint density at radius 3 is 1.90 bits per heavy atom. The van der Waals surface area contributed by atoms with Gasteiger partial charge >= 0.3 is 0 Å². The number of anilines is 3. The molecule has 4 aromatic rings. The van der Waals surface area contributed by atoms with Crippen LogP contribution in [0.2, 0.25) is 5.02 Å². The molecule has 208 valence electrons. The summed E-state index contributed by atoms with van der Waals surface area (Å²) in [5, 5.41) is 3.08. The number of rotatable bonds is 8. The summed E-state index contributed by atoms with van der Waals surface area (Å²) in [6.45, 7) is 7.08. The molecule has 11 heteroatoms. The highest BCUT2D eigenvalue weighted by molar-refractivity contribution is 7.93.